The number of aromatic nitrogens is 2. The molecular weight excluding hydrogens is 266 g/mol. The first-order valence-electron chi connectivity index (χ1n) is 7.58. The van der Waals surface area contributed by atoms with Crippen LogP contribution in [0.15, 0.2) is 18.2 Å². The molecule has 21 heavy (non-hydrogen) atoms. The van der Waals surface area contributed by atoms with Crippen molar-refractivity contribution in [2.45, 2.75) is 32.7 Å². The summed E-state index contributed by atoms with van der Waals surface area (Å²) in [7, 11) is 0. The summed E-state index contributed by atoms with van der Waals surface area (Å²) in [6.45, 7) is 6.00. The van der Waals surface area contributed by atoms with Crippen LogP contribution in [0.25, 0.3) is 11.0 Å². The second-order valence-electron chi connectivity index (χ2n) is 5.69. The lowest BCUT2D eigenvalue weighted by atomic mass is 10.1. The quantitative estimate of drug-likeness (QED) is 0.938. The number of aromatic carboxylic acids is 1. The first-order valence-corrected chi connectivity index (χ1v) is 7.58. The van der Waals surface area contributed by atoms with E-state index in [0.717, 1.165) is 43.0 Å². The Balaban J connectivity index is 1.89. The Bertz CT molecular complexity index is 657. The second kappa shape index (κ2) is 5.85. The maximum absolute atomic E-state index is 11.4. The van der Waals surface area contributed by atoms with Gasteiger partial charge in [0, 0.05) is 13.1 Å². The molecular formula is C16H21N3O2. The molecule has 5 heteroatoms. The summed E-state index contributed by atoms with van der Waals surface area (Å²) in [5.41, 5.74) is 1.86. The third-order valence-electron chi connectivity index (χ3n) is 4.28. The molecule has 1 aliphatic rings. The third-order valence-corrected chi connectivity index (χ3v) is 4.28. The van der Waals surface area contributed by atoms with Crippen LogP contribution in [0.5, 0.6) is 0 Å². The van der Waals surface area contributed by atoms with Gasteiger partial charge in [-0.15, -0.1) is 0 Å². The van der Waals surface area contributed by atoms with Crippen LogP contribution in [0.1, 0.15) is 35.4 Å². The number of carboxylic acid groups (broad SMARTS) is 1. The minimum atomic E-state index is -0.889. The van der Waals surface area contributed by atoms with E-state index in [1.54, 1.807) is 12.1 Å². The van der Waals surface area contributed by atoms with E-state index in [9.17, 15) is 9.90 Å². The van der Waals surface area contributed by atoms with Crippen molar-refractivity contribution in [2.75, 3.05) is 19.6 Å². The van der Waals surface area contributed by atoms with Crippen molar-refractivity contribution in [1.29, 1.82) is 0 Å². The fourth-order valence-electron chi connectivity index (χ4n) is 3.17. The second-order valence-corrected chi connectivity index (χ2v) is 5.69. The lowest BCUT2D eigenvalue weighted by Gasteiger charge is -2.26. The molecule has 0 spiro atoms. The zero-order valence-corrected chi connectivity index (χ0v) is 12.4. The van der Waals surface area contributed by atoms with Crippen LogP contribution in [0.3, 0.4) is 0 Å². The highest BCUT2D eigenvalue weighted by Gasteiger charge is 2.17. The predicted molar refractivity (Wildman–Crippen MR) is 81.7 cm³/mol. The fraction of sp³-hybridized carbons (Fsp3) is 0.500. The van der Waals surface area contributed by atoms with Crippen molar-refractivity contribution in [1.82, 2.24) is 14.5 Å². The largest absolute Gasteiger partial charge is 0.478 e. The van der Waals surface area contributed by atoms with E-state index in [-0.39, 0.29) is 0 Å². The van der Waals surface area contributed by atoms with Gasteiger partial charge in [-0.3, -0.25) is 0 Å². The van der Waals surface area contributed by atoms with E-state index in [2.05, 4.69) is 9.88 Å². The summed E-state index contributed by atoms with van der Waals surface area (Å²) >= 11 is 0. The molecule has 0 radical (unpaired) electrons. The van der Waals surface area contributed by atoms with Crippen LogP contribution in [0.2, 0.25) is 0 Å². The number of rotatable bonds is 4. The van der Waals surface area contributed by atoms with Crippen molar-refractivity contribution in [3.8, 4) is 0 Å². The zero-order valence-electron chi connectivity index (χ0n) is 12.4. The third kappa shape index (κ3) is 2.78. The van der Waals surface area contributed by atoms with Crippen molar-refractivity contribution < 1.29 is 9.90 Å². The summed E-state index contributed by atoms with van der Waals surface area (Å²) in [6, 6.07) is 5.29. The number of imidazole rings is 1. The number of hydrogen-bond donors (Lipinski definition) is 1. The molecule has 112 valence electrons. The molecule has 1 aromatic carbocycles. The molecule has 0 saturated carbocycles. The van der Waals surface area contributed by atoms with Crippen LogP contribution in [-0.2, 0) is 6.54 Å². The van der Waals surface area contributed by atoms with Gasteiger partial charge in [0.15, 0.2) is 0 Å². The van der Waals surface area contributed by atoms with Gasteiger partial charge in [-0.25, -0.2) is 9.78 Å². The number of likely N-dealkylation sites (tertiary alicyclic amines) is 1. The van der Waals surface area contributed by atoms with E-state index in [1.807, 2.05) is 17.6 Å². The molecule has 5 nitrogen and oxygen atoms in total. The van der Waals surface area contributed by atoms with Gasteiger partial charge in [0.1, 0.15) is 5.82 Å². The number of aryl methyl sites for hydroxylation is 1. The number of nitrogens with zero attached hydrogens (tertiary/aromatic N) is 3. The summed E-state index contributed by atoms with van der Waals surface area (Å²) < 4.78 is 2.05. The van der Waals surface area contributed by atoms with Crippen LogP contribution < -0.4 is 0 Å². The van der Waals surface area contributed by atoms with Gasteiger partial charge in [-0.05, 0) is 45.0 Å². The average molecular weight is 287 g/mol. The number of fused-ring (bicyclic) bond motifs is 1. The minimum Gasteiger partial charge on any atom is -0.478 e. The summed E-state index contributed by atoms with van der Waals surface area (Å²) in [4.78, 5) is 18.4. The number of benzene rings is 1. The smallest absolute Gasteiger partial charge is 0.337 e. The molecule has 2 aromatic rings. The summed E-state index contributed by atoms with van der Waals surface area (Å²) in [6.07, 6.45) is 3.86. The van der Waals surface area contributed by atoms with Crippen LogP contribution >= 0.6 is 0 Å². The molecule has 2 heterocycles. The molecule has 1 N–H and O–H groups in total. The van der Waals surface area contributed by atoms with E-state index < -0.39 is 5.97 Å². The first-order chi connectivity index (χ1) is 10.2. The van der Waals surface area contributed by atoms with Crippen LogP contribution in [0, 0.1) is 6.92 Å². The van der Waals surface area contributed by atoms with E-state index >= 15 is 0 Å². The van der Waals surface area contributed by atoms with Crippen LogP contribution in [0.4, 0.5) is 0 Å². The molecule has 3 rings (SSSR count). The molecule has 0 atom stereocenters. The Morgan fingerprint density at radius 3 is 2.71 bits per heavy atom. The summed E-state index contributed by atoms with van der Waals surface area (Å²) in [5.74, 6) is -0.00423. The molecule has 1 saturated heterocycles. The molecule has 0 bridgehead atoms. The maximum atomic E-state index is 11.4. The Kier molecular flexibility index (Phi) is 3.92. The molecule has 1 aromatic heterocycles. The Morgan fingerprint density at radius 1 is 1.24 bits per heavy atom. The Labute approximate surface area is 124 Å². The van der Waals surface area contributed by atoms with E-state index in [4.69, 9.17) is 0 Å². The van der Waals surface area contributed by atoms with Crippen LogP contribution in [-0.4, -0.2) is 45.2 Å². The fourth-order valence-corrected chi connectivity index (χ4v) is 3.17. The highest BCUT2D eigenvalue weighted by atomic mass is 16.4. The standard InChI is InChI=1S/C16H21N3O2/c1-12-17-14-7-5-6-13(16(20)21)15(14)19(12)11-10-18-8-3-2-4-9-18/h5-7H,2-4,8-11H2,1H3,(H,20,21). The van der Waals surface area contributed by atoms with Gasteiger partial charge in [-0.1, -0.05) is 12.5 Å². The number of carbonyl (C=O) groups is 1. The van der Waals surface area contributed by atoms with Crippen molar-refractivity contribution >= 4 is 17.0 Å². The molecule has 0 amide bonds. The van der Waals surface area contributed by atoms with E-state index in [1.165, 1.54) is 19.3 Å². The van der Waals surface area contributed by atoms with Crippen molar-refractivity contribution in [3.63, 3.8) is 0 Å². The number of para-hydroxylation sites is 1. The topological polar surface area (TPSA) is 58.4 Å². The minimum absolute atomic E-state index is 0.340. The first kappa shape index (κ1) is 14.1. The van der Waals surface area contributed by atoms with Gasteiger partial charge < -0.3 is 14.6 Å². The number of carboxylic acids is 1. The van der Waals surface area contributed by atoms with Crippen molar-refractivity contribution in [3.05, 3.63) is 29.6 Å². The maximum Gasteiger partial charge on any atom is 0.337 e. The molecule has 0 aliphatic carbocycles. The zero-order chi connectivity index (χ0) is 14.8. The molecule has 1 fully saturated rings. The monoisotopic (exact) mass is 287 g/mol. The highest BCUT2D eigenvalue weighted by molar-refractivity contribution is 6.01. The lowest BCUT2D eigenvalue weighted by molar-refractivity contribution is 0.0698. The Hall–Kier alpha value is -1.88. The highest BCUT2D eigenvalue weighted by Crippen LogP contribution is 2.21. The van der Waals surface area contributed by atoms with Gasteiger partial charge in [0.2, 0.25) is 0 Å². The molecule has 1 aliphatic heterocycles. The van der Waals surface area contributed by atoms with Gasteiger partial charge in [-0.2, -0.15) is 0 Å². The van der Waals surface area contributed by atoms with E-state index in [0.29, 0.717) is 5.56 Å². The van der Waals surface area contributed by atoms with Gasteiger partial charge in [0.25, 0.3) is 0 Å². The summed E-state index contributed by atoms with van der Waals surface area (Å²) in [5, 5.41) is 9.38. The number of hydrogen-bond acceptors (Lipinski definition) is 3. The van der Waals surface area contributed by atoms with Gasteiger partial charge in [0.05, 0.1) is 16.6 Å². The SMILES string of the molecule is Cc1nc2cccc(C(=O)O)c2n1CCN1CCCCC1. The number of piperidine rings is 1. The Morgan fingerprint density at radius 2 is 2.00 bits per heavy atom. The lowest BCUT2D eigenvalue weighted by Crippen LogP contribution is -2.32. The van der Waals surface area contributed by atoms with Crippen molar-refractivity contribution in [2.24, 2.45) is 0 Å². The van der Waals surface area contributed by atoms with Gasteiger partial charge >= 0.3 is 5.97 Å². The average Bonchev–Trinajstić information content (AvgIpc) is 2.81. The molecule has 0 unspecified atom stereocenters. The predicted octanol–water partition coefficient (Wildman–Crippen LogP) is 2.53. The normalized spacial score (nSPS) is 16.4.